The third kappa shape index (κ3) is 4.37. The maximum atomic E-state index is 12.3. The lowest BCUT2D eigenvalue weighted by Gasteiger charge is -2.18. The van der Waals surface area contributed by atoms with Crippen molar-refractivity contribution in [3.8, 4) is 0 Å². The number of rotatable bonds is 4. The Balaban J connectivity index is 2.04. The molecule has 0 spiro atoms. The first-order valence-corrected chi connectivity index (χ1v) is 7.52. The fraction of sp³-hybridized carbons (Fsp3) is 0.188. The molecule has 0 N–H and O–H groups in total. The van der Waals surface area contributed by atoms with E-state index in [1.54, 1.807) is 42.3 Å². The molecule has 21 heavy (non-hydrogen) atoms. The van der Waals surface area contributed by atoms with Crippen LogP contribution in [0.2, 0.25) is 15.1 Å². The van der Waals surface area contributed by atoms with Gasteiger partial charge in [0.1, 0.15) is 0 Å². The van der Waals surface area contributed by atoms with Crippen molar-refractivity contribution >= 4 is 40.7 Å². The molecular weight excluding hydrogens is 329 g/mol. The average molecular weight is 343 g/mol. The summed E-state index contributed by atoms with van der Waals surface area (Å²) in [6.45, 7) is 0.512. The number of carbonyl (C=O) groups is 1. The summed E-state index contributed by atoms with van der Waals surface area (Å²) in [7, 11) is 1.75. The molecule has 110 valence electrons. The van der Waals surface area contributed by atoms with Gasteiger partial charge in [0.05, 0.1) is 6.42 Å². The van der Waals surface area contributed by atoms with Crippen molar-refractivity contribution in [3.05, 3.63) is 68.7 Å². The summed E-state index contributed by atoms with van der Waals surface area (Å²) in [5.41, 5.74) is 1.68. The Morgan fingerprint density at radius 1 is 1.00 bits per heavy atom. The van der Waals surface area contributed by atoms with Gasteiger partial charge in [-0.25, -0.2) is 0 Å². The predicted molar refractivity (Wildman–Crippen MR) is 88.1 cm³/mol. The van der Waals surface area contributed by atoms with Crippen LogP contribution in [0.3, 0.4) is 0 Å². The van der Waals surface area contributed by atoms with E-state index in [0.29, 0.717) is 27.2 Å². The van der Waals surface area contributed by atoms with Crippen LogP contribution in [0.1, 0.15) is 11.1 Å². The molecule has 0 heterocycles. The summed E-state index contributed by atoms with van der Waals surface area (Å²) in [6.07, 6.45) is 0.183. The normalized spacial score (nSPS) is 10.5. The molecule has 2 rings (SSSR count). The quantitative estimate of drug-likeness (QED) is 0.778. The topological polar surface area (TPSA) is 20.3 Å². The van der Waals surface area contributed by atoms with Crippen molar-refractivity contribution in [1.82, 2.24) is 4.90 Å². The minimum absolute atomic E-state index is 0.0417. The van der Waals surface area contributed by atoms with E-state index in [-0.39, 0.29) is 12.3 Å². The molecule has 0 aliphatic heterocycles. The van der Waals surface area contributed by atoms with Crippen LogP contribution in [0, 0.1) is 0 Å². The van der Waals surface area contributed by atoms with Crippen molar-refractivity contribution in [2.24, 2.45) is 0 Å². The Morgan fingerprint density at radius 2 is 1.57 bits per heavy atom. The standard InChI is InChI=1S/C16H14Cl3NO/c1-20(10-11-5-7-12(17)8-6-11)16(21)9-13-14(18)3-2-4-15(13)19/h2-8H,9-10H2,1H3. The van der Waals surface area contributed by atoms with Crippen molar-refractivity contribution in [1.29, 1.82) is 0 Å². The molecule has 0 bridgehead atoms. The smallest absolute Gasteiger partial charge is 0.227 e. The lowest BCUT2D eigenvalue weighted by atomic mass is 10.1. The van der Waals surface area contributed by atoms with Crippen molar-refractivity contribution in [2.75, 3.05) is 7.05 Å². The number of likely N-dealkylation sites (N-methyl/N-ethyl adjacent to an activating group) is 1. The first-order valence-electron chi connectivity index (χ1n) is 6.38. The van der Waals surface area contributed by atoms with Gasteiger partial charge in [-0.05, 0) is 35.4 Å². The predicted octanol–water partition coefficient (Wildman–Crippen LogP) is 4.85. The van der Waals surface area contributed by atoms with Crippen LogP contribution in [0.5, 0.6) is 0 Å². The Hall–Kier alpha value is -1.22. The summed E-state index contributed by atoms with van der Waals surface area (Å²) in [4.78, 5) is 13.9. The first-order chi connectivity index (χ1) is 9.97. The second-order valence-electron chi connectivity index (χ2n) is 4.75. The molecule has 0 aliphatic carbocycles. The van der Waals surface area contributed by atoms with Gasteiger partial charge in [-0.3, -0.25) is 4.79 Å². The fourth-order valence-corrected chi connectivity index (χ4v) is 2.60. The molecule has 0 saturated heterocycles. The average Bonchev–Trinajstić information content (AvgIpc) is 2.45. The third-order valence-electron chi connectivity index (χ3n) is 3.15. The highest BCUT2D eigenvalue weighted by Gasteiger charge is 2.14. The molecule has 0 radical (unpaired) electrons. The van der Waals surface area contributed by atoms with Crippen LogP contribution < -0.4 is 0 Å². The molecule has 0 atom stereocenters. The fourth-order valence-electron chi connectivity index (χ4n) is 1.94. The molecule has 2 nitrogen and oxygen atoms in total. The van der Waals surface area contributed by atoms with Gasteiger partial charge in [0.25, 0.3) is 0 Å². The van der Waals surface area contributed by atoms with Gasteiger partial charge in [0.15, 0.2) is 0 Å². The van der Waals surface area contributed by atoms with Crippen LogP contribution in [-0.4, -0.2) is 17.9 Å². The van der Waals surface area contributed by atoms with Gasteiger partial charge in [-0.2, -0.15) is 0 Å². The van der Waals surface area contributed by atoms with E-state index in [2.05, 4.69) is 0 Å². The van der Waals surface area contributed by atoms with Crippen LogP contribution in [0.4, 0.5) is 0 Å². The Kier molecular flexibility index (Phi) is 5.51. The van der Waals surface area contributed by atoms with Gasteiger partial charge in [-0.1, -0.05) is 53.0 Å². The van der Waals surface area contributed by atoms with E-state index in [9.17, 15) is 4.79 Å². The molecular formula is C16H14Cl3NO. The van der Waals surface area contributed by atoms with Crippen LogP contribution in [0.25, 0.3) is 0 Å². The van der Waals surface area contributed by atoms with Crippen molar-refractivity contribution in [2.45, 2.75) is 13.0 Å². The van der Waals surface area contributed by atoms with Gasteiger partial charge in [-0.15, -0.1) is 0 Å². The minimum Gasteiger partial charge on any atom is -0.341 e. The van der Waals surface area contributed by atoms with Crippen molar-refractivity contribution in [3.63, 3.8) is 0 Å². The number of nitrogens with zero attached hydrogens (tertiary/aromatic N) is 1. The summed E-state index contributed by atoms with van der Waals surface area (Å²) < 4.78 is 0. The summed E-state index contributed by atoms with van der Waals surface area (Å²) in [6, 6.07) is 12.6. The van der Waals surface area contributed by atoms with Crippen LogP contribution >= 0.6 is 34.8 Å². The zero-order valence-electron chi connectivity index (χ0n) is 11.4. The zero-order valence-corrected chi connectivity index (χ0v) is 13.7. The molecule has 0 saturated carbocycles. The minimum atomic E-state index is -0.0417. The molecule has 0 unspecified atom stereocenters. The number of hydrogen-bond donors (Lipinski definition) is 0. The highest BCUT2D eigenvalue weighted by Crippen LogP contribution is 2.25. The Bertz CT molecular complexity index is 620. The second-order valence-corrected chi connectivity index (χ2v) is 6.00. The maximum Gasteiger partial charge on any atom is 0.227 e. The van der Waals surface area contributed by atoms with Gasteiger partial charge in [0.2, 0.25) is 5.91 Å². The van der Waals surface area contributed by atoms with E-state index in [0.717, 1.165) is 5.56 Å². The lowest BCUT2D eigenvalue weighted by Crippen LogP contribution is -2.27. The molecule has 2 aromatic carbocycles. The van der Waals surface area contributed by atoms with Gasteiger partial charge >= 0.3 is 0 Å². The van der Waals surface area contributed by atoms with Gasteiger partial charge in [0, 0.05) is 28.7 Å². The molecule has 0 aromatic heterocycles. The van der Waals surface area contributed by atoms with E-state index in [1.807, 2.05) is 12.1 Å². The maximum absolute atomic E-state index is 12.3. The van der Waals surface area contributed by atoms with E-state index in [4.69, 9.17) is 34.8 Å². The first kappa shape index (κ1) is 16.2. The highest BCUT2D eigenvalue weighted by atomic mass is 35.5. The number of carbonyl (C=O) groups excluding carboxylic acids is 1. The highest BCUT2D eigenvalue weighted by molar-refractivity contribution is 6.36. The van der Waals surface area contributed by atoms with Crippen molar-refractivity contribution < 1.29 is 4.79 Å². The zero-order chi connectivity index (χ0) is 15.4. The van der Waals surface area contributed by atoms with E-state index < -0.39 is 0 Å². The number of hydrogen-bond acceptors (Lipinski definition) is 1. The molecule has 1 amide bonds. The SMILES string of the molecule is CN(Cc1ccc(Cl)cc1)C(=O)Cc1c(Cl)cccc1Cl. The Morgan fingerprint density at radius 3 is 2.14 bits per heavy atom. The third-order valence-corrected chi connectivity index (χ3v) is 4.11. The number of halogens is 3. The lowest BCUT2D eigenvalue weighted by molar-refractivity contribution is -0.129. The summed E-state index contributed by atoms with van der Waals surface area (Å²) >= 11 is 18.0. The Labute approximate surface area is 139 Å². The largest absolute Gasteiger partial charge is 0.341 e. The van der Waals surface area contributed by atoms with Gasteiger partial charge < -0.3 is 4.90 Å². The molecule has 5 heteroatoms. The van der Waals surface area contributed by atoms with Crippen LogP contribution in [-0.2, 0) is 17.8 Å². The summed E-state index contributed by atoms with van der Waals surface area (Å²) in [5, 5.41) is 1.70. The summed E-state index contributed by atoms with van der Waals surface area (Å²) in [5.74, 6) is -0.0417. The van der Waals surface area contributed by atoms with E-state index >= 15 is 0 Å². The monoisotopic (exact) mass is 341 g/mol. The van der Waals surface area contributed by atoms with E-state index in [1.165, 1.54) is 0 Å². The molecule has 0 fully saturated rings. The number of benzene rings is 2. The number of amides is 1. The van der Waals surface area contributed by atoms with Crippen LogP contribution in [0.15, 0.2) is 42.5 Å². The molecule has 0 aliphatic rings. The molecule has 2 aromatic rings. The second kappa shape index (κ2) is 7.17.